The summed E-state index contributed by atoms with van der Waals surface area (Å²) in [6.45, 7) is 2.94. The smallest absolute Gasteiger partial charge is 0.418 e. The quantitative estimate of drug-likeness (QED) is 0.753. The second-order valence-electron chi connectivity index (χ2n) is 6.23. The maximum Gasteiger partial charge on any atom is 0.418 e. The molecule has 0 bridgehead atoms. The second kappa shape index (κ2) is 8.28. The van der Waals surface area contributed by atoms with Crippen molar-refractivity contribution >= 4 is 23.2 Å². The van der Waals surface area contributed by atoms with Crippen molar-refractivity contribution in [1.82, 2.24) is 4.90 Å². The average Bonchev–Trinajstić information content (AvgIpc) is 3.09. The van der Waals surface area contributed by atoms with Gasteiger partial charge in [0.15, 0.2) is 11.5 Å². The van der Waals surface area contributed by atoms with E-state index in [1.165, 1.54) is 6.07 Å². The van der Waals surface area contributed by atoms with Crippen molar-refractivity contribution in [1.29, 1.82) is 0 Å². The molecule has 5 nitrogen and oxygen atoms in total. The summed E-state index contributed by atoms with van der Waals surface area (Å²) in [5.41, 5.74) is -0.394. The second-order valence-corrected chi connectivity index (χ2v) is 6.66. The number of fused-ring (bicyclic) bond motifs is 1. The molecule has 1 N–H and O–H groups in total. The van der Waals surface area contributed by atoms with Gasteiger partial charge in [0.05, 0.1) is 17.8 Å². The van der Waals surface area contributed by atoms with Gasteiger partial charge in [-0.25, -0.2) is 0 Å². The van der Waals surface area contributed by atoms with Gasteiger partial charge in [-0.2, -0.15) is 13.2 Å². The Hall–Kier alpha value is -2.45. The molecule has 3 rings (SSSR count). The fraction of sp³-hybridized carbons (Fsp3) is 0.316. The summed E-state index contributed by atoms with van der Waals surface area (Å²) in [5.74, 6) is 0.747. The lowest BCUT2D eigenvalue weighted by Gasteiger charge is -2.21. The van der Waals surface area contributed by atoms with E-state index in [4.69, 9.17) is 21.1 Å². The molecular weight excluding hydrogens is 397 g/mol. The number of anilines is 1. The van der Waals surface area contributed by atoms with Gasteiger partial charge >= 0.3 is 6.18 Å². The summed E-state index contributed by atoms with van der Waals surface area (Å²) < 4.78 is 50.1. The van der Waals surface area contributed by atoms with E-state index in [9.17, 15) is 18.0 Å². The maximum atomic E-state index is 13.2. The molecule has 1 aliphatic heterocycles. The summed E-state index contributed by atoms with van der Waals surface area (Å²) in [4.78, 5) is 14.1. The van der Waals surface area contributed by atoms with Crippen molar-refractivity contribution in [2.75, 3.05) is 25.2 Å². The van der Waals surface area contributed by atoms with Gasteiger partial charge < -0.3 is 14.8 Å². The first-order valence-electron chi connectivity index (χ1n) is 8.53. The van der Waals surface area contributed by atoms with Crippen LogP contribution in [0.1, 0.15) is 18.1 Å². The van der Waals surface area contributed by atoms with Crippen molar-refractivity contribution in [2.24, 2.45) is 0 Å². The first-order valence-corrected chi connectivity index (χ1v) is 8.91. The zero-order valence-electron chi connectivity index (χ0n) is 15.0. The first-order chi connectivity index (χ1) is 13.3. The minimum absolute atomic E-state index is 0.0525. The minimum Gasteiger partial charge on any atom is -0.454 e. The molecule has 0 saturated carbocycles. The lowest BCUT2D eigenvalue weighted by Crippen LogP contribution is -2.33. The van der Waals surface area contributed by atoms with Crippen LogP contribution in [0.5, 0.6) is 11.5 Å². The largest absolute Gasteiger partial charge is 0.454 e. The third kappa shape index (κ3) is 4.88. The molecule has 1 amide bonds. The predicted octanol–water partition coefficient (Wildman–Crippen LogP) is 4.55. The van der Waals surface area contributed by atoms with Crippen LogP contribution < -0.4 is 14.8 Å². The standard InChI is InChI=1S/C19H18ClF3N2O3/c1-2-25(9-12-3-6-16-17(7-12)28-11-27-16)10-18(26)24-15-5-4-13(20)8-14(15)19(21,22)23/h3-8H,2,9-11H2,1H3,(H,24,26). The molecule has 0 saturated heterocycles. The number of likely N-dealkylation sites (N-methyl/N-ethyl adjacent to an activating group) is 1. The number of nitrogens with zero attached hydrogens (tertiary/aromatic N) is 1. The Morgan fingerprint density at radius 2 is 1.93 bits per heavy atom. The Morgan fingerprint density at radius 1 is 1.18 bits per heavy atom. The average molecular weight is 415 g/mol. The number of amides is 1. The van der Waals surface area contributed by atoms with E-state index in [1.807, 2.05) is 19.1 Å². The Kier molecular flexibility index (Phi) is 6.00. The molecule has 0 unspecified atom stereocenters. The molecule has 2 aromatic carbocycles. The molecule has 0 fully saturated rings. The van der Waals surface area contributed by atoms with Gasteiger partial charge in [-0.05, 0) is 42.4 Å². The molecule has 28 heavy (non-hydrogen) atoms. The van der Waals surface area contributed by atoms with E-state index < -0.39 is 17.6 Å². The zero-order chi connectivity index (χ0) is 20.3. The fourth-order valence-corrected chi connectivity index (χ4v) is 3.00. The number of rotatable bonds is 6. The van der Waals surface area contributed by atoms with E-state index in [-0.39, 0.29) is 24.0 Å². The fourth-order valence-electron chi connectivity index (χ4n) is 2.83. The molecule has 1 heterocycles. The zero-order valence-corrected chi connectivity index (χ0v) is 15.7. The SMILES string of the molecule is CCN(CC(=O)Nc1ccc(Cl)cc1C(F)(F)F)Cc1ccc2c(c1)OCO2. The van der Waals surface area contributed by atoms with Gasteiger partial charge in [0.1, 0.15) is 0 Å². The molecule has 0 aromatic heterocycles. The molecule has 9 heteroatoms. The number of carbonyl (C=O) groups excluding carboxylic acids is 1. The van der Waals surface area contributed by atoms with Gasteiger partial charge in [0, 0.05) is 11.6 Å². The van der Waals surface area contributed by atoms with E-state index in [2.05, 4.69) is 5.32 Å². The van der Waals surface area contributed by atoms with Gasteiger partial charge in [-0.3, -0.25) is 9.69 Å². The van der Waals surface area contributed by atoms with Crippen LogP contribution in [0.3, 0.4) is 0 Å². The van der Waals surface area contributed by atoms with E-state index >= 15 is 0 Å². The van der Waals surface area contributed by atoms with Gasteiger partial charge in [0.25, 0.3) is 0 Å². The Bertz CT molecular complexity index is 874. The number of nitrogens with one attached hydrogen (secondary N) is 1. The highest BCUT2D eigenvalue weighted by Gasteiger charge is 2.34. The van der Waals surface area contributed by atoms with E-state index in [1.54, 1.807) is 11.0 Å². The lowest BCUT2D eigenvalue weighted by molar-refractivity contribution is -0.137. The molecule has 0 spiro atoms. The van der Waals surface area contributed by atoms with Gasteiger partial charge in [0.2, 0.25) is 12.7 Å². The van der Waals surface area contributed by atoms with Crippen LogP contribution in [0.15, 0.2) is 36.4 Å². The summed E-state index contributed by atoms with van der Waals surface area (Å²) in [7, 11) is 0. The van der Waals surface area contributed by atoms with Crippen molar-refractivity contribution in [2.45, 2.75) is 19.6 Å². The number of alkyl halides is 3. The Morgan fingerprint density at radius 3 is 2.64 bits per heavy atom. The predicted molar refractivity (Wildman–Crippen MR) is 98.6 cm³/mol. The molecule has 0 radical (unpaired) electrons. The van der Waals surface area contributed by atoms with E-state index in [0.717, 1.165) is 17.7 Å². The maximum absolute atomic E-state index is 13.2. The van der Waals surface area contributed by atoms with Crippen molar-refractivity contribution in [3.05, 3.63) is 52.5 Å². The number of hydrogen-bond donors (Lipinski definition) is 1. The summed E-state index contributed by atoms with van der Waals surface area (Å²) in [6.07, 6.45) is -4.62. The highest BCUT2D eigenvalue weighted by molar-refractivity contribution is 6.30. The van der Waals surface area contributed by atoms with Crippen LogP contribution in [-0.2, 0) is 17.5 Å². The third-order valence-electron chi connectivity index (χ3n) is 4.22. The number of halogens is 4. The molecular formula is C19H18ClF3N2O3. The first kappa shape index (κ1) is 20.3. The van der Waals surface area contributed by atoms with Crippen LogP contribution in [0.25, 0.3) is 0 Å². The highest BCUT2D eigenvalue weighted by Crippen LogP contribution is 2.36. The van der Waals surface area contributed by atoms with Crippen LogP contribution in [0, 0.1) is 0 Å². The topological polar surface area (TPSA) is 50.8 Å². The Balaban J connectivity index is 1.66. The summed E-state index contributed by atoms with van der Waals surface area (Å²) in [5, 5.41) is 2.28. The van der Waals surface area contributed by atoms with Crippen LogP contribution in [-0.4, -0.2) is 30.7 Å². The highest BCUT2D eigenvalue weighted by atomic mass is 35.5. The number of ether oxygens (including phenoxy) is 2. The molecule has 150 valence electrons. The Labute approximate surface area is 165 Å². The summed E-state index contributed by atoms with van der Waals surface area (Å²) in [6, 6.07) is 8.71. The van der Waals surface area contributed by atoms with Crippen LogP contribution in [0.4, 0.5) is 18.9 Å². The molecule has 1 aliphatic rings. The molecule has 0 atom stereocenters. The van der Waals surface area contributed by atoms with Crippen molar-refractivity contribution < 1.29 is 27.4 Å². The monoisotopic (exact) mass is 414 g/mol. The van der Waals surface area contributed by atoms with Crippen molar-refractivity contribution in [3.8, 4) is 11.5 Å². The third-order valence-corrected chi connectivity index (χ3v) is 4.45. The number of carbonyl (C=O) groups is 1. The normalized spacial score (nSPS) is 13.1. The minimum atomic E-state index is -4.62. The molecule has 0 aliphatic carbocycles. The van der Waals surface area contributed by atoms with Gasteiger partial charge in [-0.1, -0.05) is 24.6 Å². The number of hydrogen-bond acceptors (Lipinski definition) is 4. The van der Waals surface area contributed by atoms with Gasteiger partial charge in [-0.15, -0.1) is 0 Å². The van der Waals surface area contributed by atoms with Crippen LogP contribution >= 0.6 is 11.6 Å². The number of benzene rings is 2. The van der Waals surface area contributed by atoms with Crippen LogP contribution in [0.2, 0.25) is 5.02 Å². The molecule has 2 aromatic rings. The summed E-state index contributed by atoms with van der Waals surface area (Å²) >= 11 is 5.66. The van der Waals surface area contributed by atoms with E-state index in [0.29, 0.717) is 24.6 Å². The van der Waals surface area contributed by atoms with Crippen molar-refractivity contribution in [3.63, 3.8) is 0 Å². The lowest BCUT2D eigenvalue weighted by atomic mass is 10.1.